The molecule has 1 aliphatic heterocycles. The summed E-state index contributed by atoms with van der Waals surface area (Å²) in [6, 6.07) is 6.47. The largest absolute Gasteiger partial charge is 0.493 e. The van der Waals surface area contributed by atoms with Crippen molar-refractivity contribution in [1.82, 2.24) is 5.32 Å². The van der Waals surface area contributed by atoms with Gasteiger partial charge in [-0.1, -0.05) is 39.0 Å². The molecule has 1 amide bonds. The minimum absolute atomic E-state index is 0.256. The fourth-order valence-corrected chi connectivity index (χ4v) is 2.51. The van der Waals surface area contributed by atoms with E-state index in [2.05, 4.69) is 5.32 Å². The molecular formula is C16H21NO4. The second-order valence-electron chi connectivity index (χ2n) is 6.37. The number of para-hydroxylation sites is 1. The van der Waals surface area contributed by atoms with Gasteiger partial charge in [0.05, 0.1) is 12.5 Å². The Labute approximate surface area is 124 Å². The Morgan fingerprint density at radius 2 is 2.00 bits per heavy atom. The van der Waals surface area contributed by atoms with Gasteiger partial charge in [-0.15, -0.1) is 0 Å². The maximum Gasteiger partial charge on any atom is 0.326 e. The van der Waals surface area contributed by atoms with E-state index in [1.807, 2.05) is 24.3 Å². The number of carboxylic acid groups (broad SMARTS) is 1. The van der Waals surface area contributed by atoms with Crippen molar-refractivity contribution >= 4 is 11.9 Å². The van der Waals surface area contributed by atoms with Gasteiger partial charge in [0, 0.05) is 5.56 Å². The van der Waals surface area contributed by atoms with Crippen LogP contribution in [0.3, 0.4) is 0 Å². The van der Waals surface area contributed by atoms with Crippen LogP contribution in [0.5, 0.6) is 5.75 Å². The molecule has 1 aromatic rings. The lowest BCUT2D eigenvalue weighted by Crippen LogP contribution is -2.50. The molecule has 0 fully saturated rings. The van der Waals surface area contributed by atoms with Crippen LogP contribution in [-0.4, -0.2) is 29.6 Å². The van der Waals surface area contributed by atoms with Crippen molar-refractivity contribution in [2.75, 3.05) is 6.61 Å². The molecule has 21 heavy (non-hydrogen) atoms. The lowest BCUT2D eigenvalue weighted by Gasteiger charge is -2.31. The standard InChI is InChI=1S/C16H21NO4/c1-16(2,3)13(15(19)20)17-14(18)11-8-9-21-12-7-5-4-6-10(11)12/h4-7,11,13H,8-9H2,1-3H3,(H,17,18)(H,19,20). The number of aliphatic carboxylic acids is 1. The Bertz CT molecular complexity index is 547. The van der Waals surface area contributed by atoms with Crippen LogP contribution in [-0.2, 0) is 9.59 Å². The molecule has 114 valence electrons. The second kappa shape index (κ2) is 5.76. The van der Waals surface area contributed by atoms with Gasteiger partial charge in [-0.2, -0.15) is 0 Å². The van der Waals surface area contributed by atoms with E-state index >= 15 is 0 Å². The van der Waals surface area contributed by atoms with E-state index in [0.29, 0.717) is 18.8 Å². The van der Waals surface area contributed by atoms with Crippen LogP contribution < -0.4 is 10.1 Å². The fraction of sp³-hybridized carbons (Fsp3) is 0.500. The van der Waals surface area contributed by atoms with E-state index in [0.717, 1.165) is 5.56 Å². The highest BCUT2D eigenvalue weighted by Gasteiger charge is 2.36. The number of benzene rings is 1. The molecule has 1 aliphatic rings. The van der Waals surface area contributed by atoms with Crippen LogP contribution in [0.25, 0.3) is 0 Å². The van der Waals surface area contributed by atoms with Crippen molar-refractivity contribution in [3.63, 3.8) is 0 Å². The third-order valence-corrected chi connectivity index (χ3v) is 3.67. The topological polar surface area (TPSA) is 75.6 Å². The van der Waals surface area contributed by atoms with Gasteiger partial charge in [0.2, 0.25) is 5.91 Å². The molecule has 0 spiro atoms. The Kier molecular flexibility index (Phi) is 4.21. The zero-order valence-electron chi connectivity index (χ0n) is 12.6. The van der Waals surface area contributed by atoms with Crippen molar-refractivity contribution in [2.24, 2.45) is 5.41 Å². The number of carbonyl (C=O) groups is 2. The van der Waals surface area contributed by atoms with Gasteiger partial charge >= 0.3 is 5.97 Å². The number of ether oxygens (including phenoxy) is 1. The van der Waals surface area contributed by atoms with Gasteiger partial charge in [-0.3, -0.25) is 4.79 Å². The second-order valence-corrected chi connectivity index (χ2v) is 6.37. The van der Waals surface area contributed by atoms with Crippen LogP contribution in [0, 0.1) is 5.41 Å². The highest BCUT2D eigenvalue weighted by Crippen LogP contribution is 2.34. The lowest BCUT2D eigenvalue weighted by atomic mass is 9.85. The van der Waals surface area contributed by atoms with Crippen LogP contribution in [0.15, 0.2) is 24.3 Å². The highest BCUT2D eigenvalue weighted by atomic mass is 16.5. The highest BCUT2D eigenvalue weighted by molar-refractivity contribution is 5.89. The first-order valence-corrected chi connectivity index (χ1v) is 7.05. The Morgan fingerprint density at radius 3 is 2.62 bits per heavy atom. The van der Waals surface area contributed by atoms with Gasteiger partial charge in [0.25, 0.3) is 0 Å². The van der Waals surface area contributed by atoms with Crippen molar-refractivity contribution in [3.8, 4) is 5.75 Å². The van der Waals surface area contributed by atoms with E-state index in [1.54, 1.807) is 20.8 Å². The normalized spacial score (nSPS) is 19.1. The predicted octanol–water partition coefficient (Wildman–Crippen LogP) is 2.17. The molecule has 1 aromatic carbocycles. The molecule has 2 rings (SSSR count). The Morgan fingerprint density at radius 1 is 1.33 bits per heavy atom. The van der Waals surface area contributed by atoms with Crippen LogP contribution >= 0.6 is 0 Å². The number of carbonyl (C=O) groups excluding carboxylic acids is 1. The summed E-state index contributed by atoms with van der Waals surface area (Å²) in [4.78, 5) is 23.9. The first-order valence-electron chi connectivity index (χ1n) is 7.05. The summed E-state index contributed by atoms with van der Waals surface area (Å²) >= 11 is 0. The molecule has 0 aromatic heterocycles. The summed E-state index contributed by atoms with van der Waals surface area (Å²) in [7, 11) is 0. The lowest BCUT2D eigenvalue weighted by molar-refractivity contribution is -0.145. The minimum atomic E-state index is -1.02. The van der Waals surface area contributed by atoms with Crippen LogP contribution in [0.4, 0.5) is 0 Å². The summed E-state index contributed by atoms with van der Waals surface area (Å²) < 4.78 is 5.53. The molecule has 2 atom stereocenters. The van der Waals surface area contributed by atoms with Gasteiger partial charge in [-0.05, 0) is 17.9 Å². The van der Waals surface area contributed by atoms with E-state index in [9.17, 15) is 14.7 Å². The minimum Gasteiger partial charge on any atom is -0.493 e. The van der Waals surface area contributed by atoms with E-state index in [4.69, 9.17) is 4.74 Å². The molecule has 0 saturated carbocycles. The Balaban J connectivity index is 2.20. The summed E-state index contributed by atoms with van der Waals surface area (Å²) in [5, 5.41) is 12.0. The van der Waals surface area contributed by atoms with Crippen molar-refractivity contribution < 1.29 is 19.4 Å². The van der Waals surface area contributed by atoms with Gasteiger partial charge in [0.1, 0.15) is 11.8 Å². The number of rotatable bonds is 3. The third-order valence-electron chi connectivity index (χ3n) is 3.67. The quantitative estimate of drug-likeness (QED) is 0.895. The smallest absolute Gasteiger partial charge is 0.326 e. The average molecular weight is 291 g/mol. The van der Waals surface area contributed by atoms with E-state index < -0.39 is 17.4 Å². The molecule has 5 heteroatoms. The first-order chi connectivity index (χ1) is 9.80. The first kappa shape index (κ1) is 15.4. The number of carboxylic acids is 1. The molecule has 5 nitrogen and oxygen atoms in total. The van der Waals surface area contributed by atoms with Gasteiger partial charge < -0.3 is 15.2 Å². The molecule has 0 saturated heterocycles. The fourth-order valence-electron chi connectivity index (χ4n) is 2.51. The van der Waals surface area contributed by atoms with Gasteiger partial charge in [-0.25, -0.2) is 4.79 Å². The number of amides is 1. The third kappa shape index (κ3) is 3.35. The predicted molar refractivity (Wildman–Crippen MR) is 78.3 cm³/mol. The molecule has 2 unspecified atom stereocenters. The SMILES string of the molecule is CC(C)(C)C(NC(=O)C1CCOc2ccccc21)C(=O)O. The monoisotopic (exact) mass is 291 g/mol. The van der Waals surface area contributed by atoms with E-state index in [1.165, 1.54) is 0 Å². The number of nitrogens with one attached hydrogen (secondary N) is 1. The number of hydrogen-bond acceptors (Lipinski definition) is 3. The zero-order chi connectivity index (χ0) is 15.6. The maximum absolute atomic E-state index is 12.5. The summed E-state index contributed by atoms with van der Waals surface area (Å²) in [5.41, 5.74) is 0.269. The molecule has 1 heterocycles. The molecule has 0 radical (unpaired) electrons. The zero-order valence-corrected chi connectivity index (χ0v) is 12.6. The summed E-state index contributed by atoms with van der Waals surface area (Å²) in [5.74, 6) is -0.935. The average Bonchev–Trinajstić information content (AvgIpc) is 2.42. The summed E-state index contributed by atoms with van der Waals surface area (Å²) in [6.45, 7) is 5.85. The van der Waals surface area contributed by atoms with Gasteiger partial charge in [0.15, 0.2) is 0 Å². The molecule has 0 bridgehead atoms. The number of hydrogen-bond donors (Lipinski definition) is 2. The van der Waals surface area contributed by atoms with Crippen molar-refractivity contribution in [3.05, 3.63) is 29.8 Å². The maximum atomic E-state index is 12.5. The Hall–Kier alpha value is -2.04. The van der Waals surface area contributed by atoms with Crippen molar-refractivity contribution in [2.45, 2.75) is 39.2 Å². The molecule has 2 N–H and O–H groups in total. The van der Waals surface area contributed by atoms with Crippen LogP contribution in [0.1, 0.15) is 38.7 Å². The number of fused-ring (bicyclic) bond motifs is 1. The van der Waals surface area contributed by atoms with Crippen LogP contribution in [0.2, 0.25) is 0 Å². The van der Waals surface area contributed by atoms with E-state index in [-0.39, 0.29) is 11.8 Å². The molecule has 0 aliphatic carbocycles. The summed E-state index contributed by atoms with van der Waals surface area (Å²) in [6.07, 6.45) is 0.555. The molecular weight excluding hydrogens is 270 g/mol. The van der Waals surface area contributed by atoms with Crippen molar-refractivity contribution in [1.29, 1.82) is 0 Å².